The molecule has 1 aliphatic heterocycles. The van der Waals surface area contributed by atoms with Gasteiger partial charge in [0.1, 0.15) is 18.5 Å². The number of hydrogen-bond donors (Lipinski definition) is 2. The summed E-state index contributed by atoms with van der Waals surface area (Å²) >= 11 is 0. The second kappa shape index (κ2) is 10.1. The van der Waals surface area contributed by atoms with E-state index in [1.165, 1.54) is 18.2 Å². The molecule has 7 nitrogen and oxygen atoms in total. The fourth-order valence-corrected chi connectivity index (χ4v) is 3.68. The summed E-state index contributed by atoms with van der Waals surface area (Å²) in [5.41, 5.74) is 1.53. The molecule has 2 amide bonds. The first kappa shape index (κ1) is 22.3. The second-order valence-electron chi connectivity index (χ2n) is 7.49. The van der Waals surface area contributed by atoms with E-state index in [1.807, 2.05) is 30.3 Å². The van der Waals surface area contributed by atoms with Crippen molar-refractivity contribution in [1.29, 1.82) is 0 Å². The average Bonchev–Trinajstić information content (AvgIpc) is 3.31. The molecule has 0 bridgehead atoms. The van der Waals surface area contributed by atoms with Crippen LogP contribution in [0.25, 0.3) is 0 Å². The number of carbonyl (C=O) groups excluding carboxylic acids is 2. The van der Waals surface area contributed by atoms with E-state index in [1.54, 1.807) is 24.3 Å². The van der Waals surface area contributed by atoms with Crippen molar-refractivity contribution in [2.75, 3.05) is 13.4 Å². The van der Waals surface area contributed by atoms with E-state index in [2.05, 4.69) is 5.32 Å². The number of carbonyl (C=O) groups is 2. The number of ether oxygens (including phenoxy) is 2. The molecule has 0 aromatic heterocycles. The Hall–Kier alpha value is -3.91. The van der Waals surface area contributed by atoms with Crippen LogP contribution in [0.15, 0.2) is 72.8 Å². The molecule has 0 aliphatic carbocycles. The van der Waals surface area contributed by atoms with Crippen molar-refractivity contribution in [2.24, 2.45) is 0 Å². The Kier molecular flexibility index (Phi) is 6.85. The Balaban J connectivity index is 1.66. The number of amides is 2. The first-order valence-electron chi connectivity index (χ1n) is 10.4. The molecule has 3 aromatic carbocycles. The van der Waals surface area contributed by atoms with Crippen molar-refractivity contribution in [1.82, 2.24) is 10.2 Å². The number of halogens is 1. The van der Waals surface area contributed by atoms with Gasteiger partial charge in [-0.15, -0.1) is 0 Å². The van der Waals surface area contributed by atoms with Crippen LogP contribution in [0.4, 0.5) is 4.39 Å². The maximum Gasteiger partial charge on any atom is 0.249 e. The first-order chi connectivity index (χ1) is 16.1. The van der Waals surface area contributed by atoms with E-state index in [0.717, 1.165) is 10.5 Å². The lowest BCUT2D eigenvalue weighted by Crippen LogP contribution is -2.44. The summed E-state index contributed by atoms with van der Waals surface area (Å²) in [6, 6.07) is 18.9. The summed E-state index contributed by atoms with van der Waals surface area (Å²) in [6.07, 6.45) is 0. The molecule has 1 heterocycles. The minimum absolute atomic E-state index is 0.0330. The van der Waals surface area contributed by atoms with Crippen LogP contribution in [0.1, 0.15) is 22.7 Å². The van der Waals surface area contributed by atoms with Gasteiger partial charge in [0.15, 0.2) is 11.5 Å². The highest BCUT2D eigenvalue weighted by Crippen LogP contribution is 2.34. The fraction of sp³-hybridized carbons (Fsp3) is 0.200. The van der Waals surface area contributed by atoms with Gasteiger partial charge in [-0.2, -0.15) is 0 Å². The third-order valence-corrected chi connectivity index (χ3v) is 5.31. The molecule has 4 rings (SSSR count). The molecule has 0 saturated heterocycles. The predicted molar refractivity (Wildman–Crippen MR) is 118 cm³/mol. The zero-order valence-electron chi connectivity index (χ0n) is 17.7. The first-order valence-corrected chi connectivity index (χ1v) is 10.4. The van der Waals surface area contributed by atoms with Crippen molar-refractivity contribution in [3.8, 4) is 11.5 Å². The Morgan fingerprint density at radius 1 is 0.970 bits per heavy atom. The maximum absolute atomic E-state index is 14.8. The van der Waals surface area contributed by atoms with Crippen LogP contribution in [0, 0.1) is 5.82 Å². The summed E-state index contributed by atoms with van der Waals surface area (Å²) in [7, 11) is 0. The number of nitrogens with zero attached hydrogens (tertiary/aromatic N) is 1. The minimum Gasteiger partial charge on any atom is -0.454 e. The Bertz CT molecular complexity index is 1140. The fourth-order valence-electron chi connectivity index (χ4n) is 3.68. The number of rotatable bonds is 8. The molecule has 1 unspecified atom stereocenters. The summed E-state index contributed by atoms with van der Waals surface area (Å²) < 4.78 is 25.5. The van der Waals surface area contributed by atoms with E-state index >= 15 is 0 Å². The van der Waals surface area contributed by atoms with Gasteiger partial charge in [0, 0.05) is 18.7 Å². The van der Waals surface area contributed by atoms with Crippen LogP contribution in [0.3, 0.4) is 0 Å². The molecule has 33 heavy (non-hydrogen) atoms. The summed E-state index contributed by atoms with van der Waals surface area (Å²) in [6.45, 7) is -0.580. The van der Waals surface area contributed by atoms with Crippen molar-refractivity contribution in [2.45, 2.75) is 19.1 Å². The molecular weight excluding hydrogens is 427 g/mol. The van der Waals surface area contributed by atoms with Crippen LogP contribution < -0.4 is 14.8 Å². The van der Waals surface area contributed by atoms with Crippen molar-refractivity contribution >= 4 is 11.8 Å². The van der Waals surface area contributed by atoms with Gasteiger partial charge in [0.2, 0.25) is 18.6 Å². The van der Waals surface area contributed by atoms with Crippen LogP contribution >= 0.6 is 0 Å². The molecule has 1 aliphatic rings. The van der Waals surface area contributed by atoms with E-state index in [-0.39, 0.29) is 25.4 Å². The third kappa shape index (κ3) is 5.12. The van der Waals surface area contributed by atoms with Gasteiger partial charge in [-0.1, -0.05) is 54.6 Å². The van der Waals surface area contributed by atoms with Gasteiger partial charge in [-0.3, -0.25) is 9.59 Å². The number of aliphatic hydroxyl groups is 1. The molecule has 8 heteroatoms. The molecule has 170 valence electrons. The van der Waals surface area contributed by atoms with E-state index in [0.29, 0.717) is 17.1 Å². The standard InChI is InChI=1S/C25H23FN2O5/c26-20-9-5-4-8-19(20)24(25(31)27-13-17-6-2-1-3-7-17)28(23(30)15-29)14-18-10-11-21-22(12-18)33-16-32-21/h1-12,24,29H,13-16H2,(H,27,31). The van der Waals surface area contributed by atoms with Gasteiger partial charge in [-0.05, 0) is 29.3 Å². The third-order valence-electron chi connectivity index (χ3n) is 5.31. The molecule has 0 spiro atoms. The number of nitrogens with one attached hydrogen (secondary N) is 1. The predicted octanol–water partition coefficient (Wildman–Crippen LogP) is 2.93. The lowest BCUT2D eigenvalue weighted by atomic mass is 10.0. The summed E-state index contributed by atoms with van der Waals surface area (Å²) in [5, 5.41) is 12.4. The summed E-state index contributed by atoms with van der Waals surface area (Å²) in [4.78, 5) is 27.2. The monoisotopic (exact) mass is 450 g/mol. The quantitative estimate of drug-likeness (QED) is 0.551. The number of fused-ring (bicyclic) bond motifs is 1. The van der Waals surface area contributed by atoms with E-state index in [9.17, 15) is 19.1 Å². The molecule has 0 saturated carbocycles. The molecule has 1 atom stereocenters. The molecule has 2 N–H and O–H groups in total. The largest absolute Gasteiger partial charge is 0.454 e. The summed E-state index contributed by atoms with van der Waals surface area (Å²) in [5.74, 6) is -0.814. The van der Waals surface area contributed by atoms with Crippen molar-refractivity contribution < 1.29 is 28.6 Å². The molecule has 0 fully saturated rings. The van der Waals surface area contributed by atoms with Crippen molar-refractivity contribution in [3.63, 3.8) is 0 Å². The van der Waals surface area contributed by atoms with Crippen LogP contribution in [0.2, 0.25) is 0 Å². The Morgan fingerprint density at radius 2 is 1.70 bits per heavy atom. The normalized spacial score (nSPS) is 12.8. The molecule has 3 aromatic rings. The Morgan fingerprint density at radius 3 is 2.45 bits per heavy atom. The topological polar surface area (TPSA) is 88.1 Å². The van der Waals surface area contributed by atoms with Crippen LogP contribution in [0.5, 0.6) is 11.5 Å². The highest BCUT2D eigenvalue weighted by atomic mass is 19.1. The Labute approximate surface area is 190 Å². The lowest BCUT2D eigenvalue weighted by Gasteiger charge is -2.31. The van der Waals surface area contributed by atoms with E-state index < -0.39 is 30.3 Å². The number of benzene rings is 3. The molecule has 0 radical (unpaired) electrons. The highest BCUT2D eigenvalue weighted by molar-refractivity contribution is 5.89. The minimum atomic E-state index is -1.29. The zero-order valence-corrected chi connectivity index (χ0v) is 17.7. The average molecular weight is 450 g/mol. The van der Waals surface area contributed by atoms with Crippen LogP contribution in [-0.2, 0) is 22.7 Å². The smallest absolute Gasteiger partial charge is 0.249 e. The van der Waals surface area contributed by atoms with Gasteiger partial charge in [0.25, 0.3) is 0 Å². The number of hydrogen-bond acceptors (Lipinski definition) is 5. The van der Waals surface area contributed by atoms with Gasteiger partial charge in [-0.25, -0.2) is 4.39 Å². The second-order valence-corrected chi connectivity index (χ2v) is 7.49. The molecular formula is C25H23FN2O5. The van der Waals surface area contributed by atoms with Crippen LogP contribution in [-0.4, -0.2) is 35.2 Å². The SMILES string of the molecule is O=C(NCc1ccccc1)C(c1ccccc1F)N(Cc1ccc2c(c1)OCO2)C(=O)CO. The van der Waals surface area contributed by atoms with E-state index in [4.69, 9.17) is 9.47 Å². The number of aliphatic hydroxyl groups excluding tert-OH is 1. The van der Waals surface area contributed by atoms with Gasteiger partial charge in [0.05, 0.1) is 0 Å². The van der Waals surface area contributed by atoms with Gasteiger partial charge < -0.3 is 24.8 Å². The zero-order chi connectivity index (χ0) is 23.2. The lowest BCUT2D eigenvalue weighted by molar-refractivity contribution is -0.143. The highest BCUT2D eigenvalue weighted by Gasteiger charge is 2.33. The van der Waals surface area contributed by atoms with Crippen molar-refractivity contribution in [3.05, 3.63) is 95.3 Å². The maximum atomic E-state index is 14.8. The van der Waals surface area contributed by atoms with Gasteiger partial charge >= 0.3 is 0 Å².